The Balaban J connectivity index is 2.99. The lowest BCUT2D eigenvalue weighted by atomic mass is 10.0. The number of benzene rings is 1. The summed E-state index contributed by atoms with van der Waals surface area (Å²) in [5.41, 5.74) is 0.828. The molecule has 2 atom stereocenters. The Kier molecular flexibility index (Phi) is 5.27. The maximum atomic E-state index is 10.6. The number of hydrogen-bond donors (Lipinski definition) is 4. The van der Waals surface area contributed by atoms with Crippen LogP contribution < -0.4 is 0 Å². The summed E-state index contributed by atoms with van der Waals surface area (Å²) in [5.74, 6) is -0.897. The van der Waals surface area contributed by atoms with Crippen LogP contribution in [0.3, 0.4) is 0 Å². The number of thiol groups is 1. The Labute approximate surface area is 109 Å². The van der Waals surface area contributed by atoms with Gasteiger partial charge < -0.3 is 15.3 Å². The van der Waals surface area contributed by atoms with Crippen molar-refractivity contribution in [1.29, 1.82) is 0 Å². The van der Waals surface area contributed by atoms with Crippen LogP contribution >= 0.6 is 24.2 Å². The molecule has 3 N–H and O–H groups in total. The maximum Gasteiger partial charge on any atom is 0.307 e. The molecule has 0 aromatic heterocycles. The fourth-order valence-corrected chi connectivity index (χ4v) is 1.78. The molecule has 0 heterocycles. The molecule has 0 aliphatic rings. The van der Waals surface area contributed by atoms with Crippen molar-refractivity contribution >= 4 is 30.2 Å². The lowest BCUT2D eigenvalue weighted by molar-refractivity contribution is -0.136. The number of aliphatic hydroxyl groups excluding tert-OH is 2. The van der Waals surface area contributed by atoms with Gasteiger partial charge in [-0.3, -0.25) is 4.79 Å². The van der Waals surface area contributed by atoms with Crippen LogP contribution in [0.15, 0.2) is 18.2 Å². The molecule has 1 aromatic carbocycles. The first-order chi connectivity index (χ1) is 7.95. The summed E-state index contributed by atoms with van der Waals surface area (Å²) < 4.78 is 0. The van der Waals surface area contributed by atoms with Crippen molar-refractivity contribution in [3.63, 3.8) is 0 Å². The van der Waals surface area contributed by atoms with Gasteiger partial charge in [0.05, 0.1) is 12.5 Å². The minimum atomic E-state index is -1.10. The minimum absolute atomic E-state index is 0.109. The Bertz CT molecular complexity index is 410. The quantitative estimate of drug-likeness (QED) is 0.611. The molecule has 0 bridgehead atoms. The average molecular weight is 277 g/mol. The van der Waals surface area contributed by atoms with Gasteiger partial charge in [-0.1, -0.05) is 23.7 Å². The van der Waals surface area contributed by atoms with Gasteiger partial charge in [-0.05, 0) is 17.2 Å². The fourth-order valence-electron chi connectivity index (χ4n) is 1.40. The monoisotopic (exact) mass is 276 g/mol. The minimum Gasteiger partial charge on any atom is -0.481 e. The van der Waals surface area contributed by atoms with Gasteiger partial charge in [-0.15, -0.1) is 0 Å². The molecule has 0 saturated carbocycles. The highest BCUT2D eigenvalue weighted by Crippen LogP contribution is 2.24. The van der Waals surface area contributed by atoms with Crippen molar-refractivity contribution in [2.45, 2.75) is 18.6 Å². The lowest BCUT2D eigenvalue weighted by Crippen LogP contribution is -2.20. The van der Waals surface area contributed by atoms with Crippen molar-refractivity contribution in [3.05, 3.63) is 34.3 Å². The zero-order chi connectivity index (χ0) is 13.0. The number of carboxylic acids is 1. The third-order valence-corrected chi connectivity index (χ3v) is 3.05. The van der Waals surface area contributed by atoms with Crippen LogP contribution in [0.2, 0.25) is 5.02 Å². The molecule has 0 fully saturated rings. The highest BCUT2D eigenvalue weighted by atomic mass is 35.5. The number of carboxylic acid groups (broad SMARTS) is 1. The molecule has 2 unspecified atom stereocenters. The van der Waals surface area contributed by atoms with E-state index >= 15 is 0 Å². The molecule has 0 aliphatic heterocycles. The van der Waals surface area contributed by atoms with Crippen LogP contribution in [0.4, 0.5) is 0 Å². The van der Waals surface area contributed by atoms with Crippen LogP contribution in [0, 0.1) is 0 Å². The molecule has 0 saturated heterocycles. The summed E-state index contributed by atoms with van der Waals surface area (Å²) in [6.45, 7) is 0. The molecule has 0 spiro atoms. The van der Waals surface area contributed by atoms with Gasteiger partial charge in [-0.2, -0.15) is 12.6 Å². The number of rotatable bonds is 5. The van der Waals surface area contributed by atoms with Gasteiger partial charge in [0.25, 0.3) is 0 Å². The predicted molar refractivity (Wildman–Crippen MR) is 67.6 cm³/mol. The highest BCUT2D eigenvalue weighted by molar-refractivity contribution is 7.80. The Morgan fingerprint density at radius 3 is 2.59 bits per heavy atom. The largest absolute Gasteiger partial charge is 0.481 e. The van der Waals surface area contributed by atoms with Gasteiger partial charge >= 0.3 is 5.97 Å². The molecular weight excluding hydrogens is 264 g/mol. The van der Waals surface area contributed by atoms with Crippen molar-refractivity contribution in [2.75, 3.05) is 5.75 Å². The molecule has 1 aromatic rings. The van der Waals surface area contributed by atoms with E-state index in [2.05, 4.69) is 12.6 Å². The van der Waals surface area contributed by atoms with E-state index in [0.717, 1.165) is 0 Å². The van der Waals surface area contributed by atoms with Gasteiger partial charge in [0.15, 0.2) is 0 Å². The molecule has 0 amide bonds. The zero-order valence-corrected chi connectivity index (χ0v) is 10.5. The lowest BCUT2D eigenvalue weighted by Gasteiger charge is -2.17. The molecule has 1 rings (SSSR count). The first kappa shape index (κ1) is 14.3. The molecule has 4 nitrogen and oxygen atoms in total. The third-order valence-electron chi connectivity index (χ3n) is 2.30. The van der Waals surface area contributed by atoms with Crippen molar-refractivity contribution in [1.82, 2.24) is 0 Å². The number of aliphatic carboxylic acids is 1. The Morgan fingerprint density at radius 2 is 2.06 bits per heavy atom. The van der Waals surface area contributed by atoms with E-state index in [9.17, 15) is 15.0 Å². The van der Waals surface area contributed by atoms with Gasteiger partial charge in [0, 0.05) is 10.8 Å². The van der Waals surface area contributed by atoms with E-state index in [-0.39, 0.29) is 12.2 Å². The molecular formula is C11H13ClO4S. The van der Waals surface area contributed by atoms with Crippen LogP contribution in [0.25, 0.3) is 0 Å². The Morgan fingerprint density at radius 1 is 1.41 bits per heavy atom. The number of aliphatic hydroxyl groups is 2. The summed E-state index contributed by atoms with van der Waals surface area (Å²) in [6, 6.07) is 4.53. The summed E-state index contributed by atoms with van der Waals surface area (Å²) >= 11 is 9.71. The number of carbonyl (C=O) groups is 1. The van der Waals surface area contributed by atoms with Gasteiger partial charge in [0.1, 0.15) is 6.10 Å². The molecule has 17 heavy (non-hydrogen) atoms. The topological polar surface area (TPSA) is 77.8 Å². The van der Waals surface area contributed by atoms with Crippen molar-refractivity contribution in [3.8, 4) is 0 Å². The number of halogens is 1. The SMILES string of the molecule is O=C(O)Cc1cc(C(O)C(O)CS)ccc1Cl. The van der Waals surface area contributed by atoms with Crippen molar-refractivity contribution in [2.24, 2.45) is 0 Å². The van der Waals surface area contributed by atoms with E-state index in [1.807, 2.05) is 0 Å². The molecule has 0 radical (unpaired) electrons. The highest BCUT2D eigenvalue weighted by Gasteiger charge is 2.18. The van der Waals surface area contributed by atoms with Crippen LogP contribution in [0.1, 0.15) is 17.2 Å². The maximum absolute atomic E-state index is 10.6. The van der Waals surface area contributed by atoms with Gasteiger partial charge in [-0.25, -0.2) is 0 Å². The van der Waals surface area contributed by atoms with E-state index in [4.69, 9.17) is 16.7 Å². The first-order valence-electron chi connectivity index (χ1n) is 4.92. The van der Waals surface area contributed by atoms with E-state index in [1.54, 1.807) is 6.07 Å². The summed E-state index contributed by atoms with van der Waals surface area (Å²) in [4.78, 5) is 10.6. The smallest absolute Gasteiger partial charge is 0.307 e. The second-order valence-corrected chi connectivity index (χ2v) is 4.39. The fraction of sp³-hybridized carbons (Fsp3) is 0.364. The van der Waals surface area contributed by atoms with Crippen LogP contribution in [0.5, 0.6) is 0 Å². The molecule has 94 valence electrons. The predicted octanol–water partition coefficient (Wildman–Crippen LogP) is 1.29. The van der Waals surface area contributed by atoms with Crippen molar-refractivity contribution < 1.29 is 20.1 Å². The second kappa shape index (κ2) is 6.26. The van der Waals surface area contributed by atoms with Gasteiger partial charge in [0.2, 0.25) is 0 Å². The molecule has 6 heteroatoms. The Hall–Kier alpha value is -0.750. The van der Waals surface area contributed by atoms with E-state index in [0.29, 0.717) is 16.1 Å². The average Bonchev–Trinajstić information content (AvgIpc) is 2.29. The number of hydrogen-bond acceptors (Lipinski definition) is 4. The zero-order valence-electron chi connectivity index (χ0n) is 8.88. The third kappa shape index (κ3) is 3.89. The summed E-state index contributed by atoms with van der Waals surface area (Å²) in [5, 5.41) is 28.2. The normalized spacial score (nSPS) is 14.4. The van der Waals surface area contributed by atoms with Crippen LogP contribution in [-0.4, -0.2) is 33.1 Å². The van der Waals surface area contributed by atoms with Crippen LogP contribution in [-0.2, 0) is 11.2 Å². The van der Waals surface area contributed by atoms with E-state index in [1.165, 1.54) is 12.1 Å². The second-order valence-electron chi connectivity index (χ2n) is 3.62. The first-order valence-corrected chi connectivity index (χ1v) is 5.94. The summed E-state index contributed by atoms with van der Waals surface area (Å²) in [6.07, 6.45) is -2.33. The summed E-state index contributed by atoms with van der Waals surface area (Å²) in [7, 11) is 0. The standard InChI is InChI=1S/C11H13ClO4S/c12-8-2-1-6(11(16)9(13)5-17)3-7(8)4-10(14)15/h1-3,9,11,13,16-17H,4-5H2,(H,14,15). The van der Waals surface area contributed by atoms with E-state index < -0.39 is 18.2 Å². The molecule has 0 aliphatic carbocycles.